The Morgan fingerprint density at radius 2 is 2.08 bits per heavy atom. The molecular weight excluding hydrogens is 160 g/mol. The molecule has 1 heterocycles. The molecule has 78 valence electrons. The lowest BCUT2D eigenvalue weighted by Gasteiger charge is -2.41. The van der Waals surface area contributed by atoms with Crippen molar-refractivity contribution >= 4 is 0 Å². The first kappa shape index (κ1) is 11.0. The zero-order valence-corrected chi connectivity index (χ0v) is 9.29. The Labute approximate surface area is 82.5 Å². The summed E-state index contributed by atoms with van der Waals surface area (Å²) < 4.78 is 0. The van der Waals surface area contributed by atoms with Gasteiger partial charge in [-0.25, -0.2) is 0 Å². The van der Waals surface area contributed by atoms with E-state index in [1.165, 1.54) is 32.2 Å². The fourth-order valence-corrected chi connectivity index (χ4v) is 2.30. The topological polar surface area (TPSA) is 29.3 Å². The number of nitrogens with zero attached hydrogens (tertiary/aromatic N) is 1. The lowest BCUT2D eigenvalue weighted by molar-refractivity contribution is 0.0894. The highest BCUT2D eigenvalue weighted by atomic mass is 15.2. The minimum absolute atomic E-state index is 0.298. The third-order valence-corrected chi connectivity index (χ3v) is 3.43. The highest BCUT2D eigenvalue weighted by molar-refractivity contribution is 4.83. The van der Waals surface area contributed by atoms with Crippen LogP contribution in [0, 0.1) is 0 Å². The van der Waals surface area contributed by atoms with E-state index in [0.717, 1.165) is 6.04 Å². The van der Waals surface area contributed by atoms with Crippen molar-refractivity contribution in [3.8, 4) is 0 Å². The Morgan fingerprint density at radius 3 is 2.62 bits per heavy atom. The summed E-state index contributed by atoms with van der Waals surface area (Å²) in [7, 11) is 0. The number of hydrogen-bond donors (Lipinski definition) is 1. The maximum atomic E-state index is 5.94. The van der Waals surface area contributed by atoms with Crippen molar-refractivity contribution in [2.24, 2.45) is 5.73 Å². The van der Waals surface area contributed by atoms with E-state index < -0.39 is 0 Å². The Kier molecular flexibility index (Phi) is 4.20. The van der Waals surface area contributed by atoms with Crippen molar-refractivity contribution in [1.29, 1.82) is 0 Å². The average molecular weight is 184 g/mol. The standard InChI is InChI=1S/C11H24N2/c1-4-11-7-5-6-8-13(11)10(3)9(2)12/h9-11H,4-8,12H2,1-3H3. The number of nitrogens with two attached hydrogens (primary N) is 1. The Morgan fingerprint density at radius 1 is 1.38 bits per heavy atom. The van der Waals surface area contributed by atoms with E-state index in [2.05, 4.69) is 25.7 Å². The van der Waals surface area contributed by atoms with Crippen LogP contribution in [0.2, 0.25) is 0 Å². The normalized spacial score (nSPS) is 30.0. The summed E-state index contributed by atoms with van der Waals surface area (Å²) in [5, 5.41) is 0. The number of likely N-dealkylation sites (tertiary alicyclic amines) is 1. The summed E-state index contributed by atoms with van der Waals surface area (Å²) in [4.78, 5) is 2.61. The van der Waals surface area contributed by atoms with Crippen LogP contribution in [0.25, 0.3) is 0 Å². The van der Waals surface area contributed by atoms with Crippen molar-refractivity contribution in [1.82, 2.24) is 4.90 Å². The Bertz CT molecular complexity index is 143. The molecule has 0 radical (unpaired) electrons. The zero-order valence-electron chi connectivity index (χ0n) is 9.29. The molecular formula is C11H24N2. The molecule has 0 aromatic heterocycles. The molecule has 1 rings (SSSR count). The van der Waals surface area contributed by atoms with E-state index in [0.29, 0.717) is 12.1 Å². The summed E-state index contributed by atoms with van der Waals surface area (Å²) >= 11 is 0. The smallest absolute Gasteiger partial charge is 0.0219 e. The molecule has 0 aromatic rings. The van der Waals surface area contributed by atoms with Crippen molar-refractivity contribution in [2.45, 2.75) is 64.6 Å². The van der Waals surface area contributed by atoms with Gasteiger partial charge in [-0.2, -0.15) is 0 Å². The predicted molar refractivity (Wildman–Crippen MR) is 57.7 cm³/mol. The van der Waals surface area contributed by atoms with E-state index >= 15 is 0 Å². The van der Waals surface area contributed by atoms with E-state index in [-0.39, 0.29) is 0 Å². The molecule has 3 unspecified atom stereocenters. The van der Waals surface area contributed by atoms with Crippen molar-refractivity contribution in [3.63, 3.8) is 0 Å². The van der Waals surface area contributed by atoms with Gasteiger partial charge in [0, 0.05) is 18.1 Å². The fraction of sp³-hybridized carbons (Fsp3) is 1.00. The first-order valence-corrected chi connectivity index (χ1v) is 5.68. The van der Waals surface area contributed by atoms with Gasteiger partial charge in [0.2, 0.25) is 0 Å². The minimum atomic E-state index is 0.298. The highest BCUT2D eigenvalue weighted by Crippen LogP contribution is 2.22. The summed E-state index contributed by atoms with van der Waals surface area (Å²) in [6.45, 7) is 7.92. The van der Waals surface area contributed by atoms with Gasteiger partial charge < -0.3 is 5.73 Å². The Hall–Kier alpha value is -0.0800. The van der Waals surface area contributed by atoms with Gasteiger partial charge in [0.05, 0.1) is 0 Å². The van der Waals surface area contributed by atoms with Gasteiger partial charge in [0.15, 0.2) is 0 Å². The van der Waals surface area contributed by atoms with Gasteiger partial charge in [0.25, 0.3) is 0 Å². The number of piperidine rings is 1. The van der Waals surface area contributed by atoms with Crippen LogP contribution in [0.15, 0.2) is 0 Å². The quantitative estimate of drug-likeness (QED) is 0.727. The van der Waals surface area contributed by atoms with Crippen LogP contribution in [-0.2, 0) is 0 Å². The summed E-state index contributed by atoms with van der Waals surface area (Å²) in [5.74, 6) is 0. The van der Waals surface area contributed by atoms with Gasteiger partial charge in [-0.3, -0.25) is 4.90 Å². The van der Waals surface area contributed by atoms with E-state index in [9.17, 15) is 0 Å². The molecule has 1 aliphatic heterocycles. The molecule has 0 amide bonds. The van der Waals surface area contributed by atoms with Gasteiger partial charge in [-0.15, -0.1) is 0 Å². The molecule has 0 spiro atoms. The number of rotatable bonds is 3. The van der Waals surface area contributed by atoms with Crippen LogP contribution in [0.3, 0.4) is 0 Å². The van der Waals surface area contributed by atoms with Gasteiger partial charge in [-0.05, 0) is 39.7 Å². The second-order valence-electron chi connectivity index (χ2n) is 4.40. The maximum Gasteiger partial charge on any atom is 0.0219 e. The monoisotopic (exact) mass is 184 g/mol. The van der Waals surface area contributed by atoms with E-state index in [1.54, 1.807) is 0 Å². The van der Waals surface area contributed by atoms with Crippen LogP contribution >= 0.6 is 0 Å². The van der Waals surface area contributed by atoms with Crippen molar-refractivity contribution < 1.29 is 0 Å². The summed E-state index contributed by atoms with van der Waals surface area (Å²) in [5.41, 5.74) is 5.94. The second-order valence-corrected chi connectivity index (χ2v) is 4.40. The molecule has 2 nitrogen and oxygen atoms in total. The summed E-state index contributed by atoms with van der Waals surface area (Å²) in [6.07, 6.45) is 5.40. The number of hydrogen-bond acceptors (Lipinski definition) is 2. The van der Waals surface area contributed by atoms with Gasteiger partial charge >= 0.3 is 0 Å². The van der Waals surface area contributed by atoms with Crippen LogP contribution in [0.4, 0.5) is 0 Å². The Balaban J connectivity index is 2.53. The molecule has 1 aliphatic rings. The van der Waals surface area contributed by atoms with Crippen LogP contribution in [0.1, 0.15) is 46.5 Å². The summed E-state index contributed by atoms with van der Waals surface area (Å²) in [6, 6.07) is 1.63. The molecule has 0 aromatic carbocycles. The van der Waals surface area contributed by atoms with Gasteiger partial charge in [-0.1, -0.05) is 13.3 Å². The minimum Gasteiger partial charge on any atom is -0.327 e. The maximum absolute atomic E-state index is 5.94. The first-order chi connectivity index (χ1) is 6.16. The molecule has 0 saturated carbocycles. The SMILES string of the molecule is CCC1CCCCN1C(C)C(C)N. The molecule has 0 aliphatic carbocycles. The average Bonchev–Trinajstić information content (AvgIpc) is 2.16. The lowest BCUT2D eigenvalue weighted by atomic mass is 9.96. The molecule has 1 fully saturated rings. The van der Waals surface area contributed by atoms with Crippen molar-refractivity contribution in [2.75, 3.05) is 6.54 Å². The molecule has 2 N–H and O–H groups in total. The second kappa shape index (κ2) is 4.97. The van der Waals surface area contributed by atoms with Crippen molar-refractivity contribution in [3.05, 3.63) is 0 Å². The molecule has 1 saturated heterocycles. The third kappa shape index (κ3) is 2.68. The molecule has 0 bridgehead atoms. The largest absolute Gasteiger partial charge is 0.327 e. The van der Waals surface area contributed by atoms with Crippen LogP contribution in [0.5, 0.6) is 0 Å². The van der Waals surface area contributed by atoms with Crippen LogP contribution in [-0.4, -0.2) is 29.6 Å². The van der Waals surface area contributed by atoms with E-state index in [4.69, 9.17) is 5.73 Å². The molecule has 2 heteroatoms. The molecule has 13 heavy (non-hydrogen) atoms. The van der Waals surface area contributed by atoms with E-state index in [1.807, 2.05) is 0 Å². The lowest BCUT2D eigenvalue weighted by Crippen LogP contribution is -2.51. The zero-order chi connectivity index (χ0) is 9.84. The van der Waals surface area contributed by atoms with Gasteiger partial charge in [0.1, 0.15) is 0 Å². The molecule has 3 atom stereocenters. The fourth-order valence-electron chi connectivity index (χ4n) is 2.30. The van der Waals surface area contributed by atoms with Crippen LogP contribution < -0.4 is 5.73 Å². The third-order valence-electron chi connectivity index (χ3n) is 3.43. The predicted octanol–water partition coefficient (Wildman–Crippen LogP) is 1.99. The highest BCUT2D eigenvalue weighted by Gasteiger charge is 2.26. The first-order valence-electron chi connectivity index (χ1n) is 5.68.